The molecule has 1 aliphatic heterocycles. The van der Waals surface area contributed by atoms with E-state index in [0.717, 1.165) is 48.3 Å². The first-order chi connectivity index (χ1) is 13.2. The molecule has 0 bridgehead atoms. The molecule has 2 heterocycles. The van der Waals surface area contributed by atoms with Gasteiger partial charge in [-0.2, -0.15) is 0 Å². The van der Waals surface area contributed by atoms with E-state index in [1.165, 1.54) is 5.52 Å². The van der Waals surface area contributed by atoms with Crippen molar-refractivity contribution in [3.63, 3.8) is 0 Å². The highest BCUT2D eigenvalue weighted by Gasteiger charge is 2.24. The minimum absolute atomic E-state index is 0.202. The highest BCUT2D eigenvalue weighted by atomic mass is 16.5. The molecule has 1 saturated heterocycles. The van der Waals surface area contributed by atoms with E-state index in [-0.39, 0.29) is 5.91 Å². The first-order valence-electron chi connectivity index (χ1n) is 9.48. The topological polar surface area (TPSA) is 47.4 Å². The van der Waals surface area contributed by atoms with E-state index in [1.807, 2.05) is 48.5 Å². The van der Waals surface area contributed by atoms with Gasteiger partial charge in [0.15, 0.2) is 0 Å². The van der Waals surface area contributed by atoms with Crippen molar-refractivity contribution < 1.29 is 9.53 Å². The standard InChI is InChI=1S/C22H25N3O2/c1-16-13-17(7-8-21(16)27-2)14-22(26)24-11-9-18(10-12-24)25-15-23-19-5-3-4-6-20(19)25/h3-8,13,15,18H,9-12,14H2,1-2H3. The van der Waals surface area contributed by atoms with Crippen LogP contribution in [0.15, 0.2) is 48.8 Å². The van der Waals surface area contributed by atoms with Crippen LogP contribution >= 0.6 is 0 Å². The summed E-state index contributed by atoms with van der Waals surface area (Å²) in [5.41, 5.74) is 4.32. The van der Waals surface area contributed by atoms with Crippen LogP contribution in [0.3, 0.4) is 0 Å². The van der Waals surface area contributed by atoms with Crippen LogP contribution in [0, 0.1) is 6.92 Å². The second-order valence-corrected chi connectivity index (χ2v) is 7.23. The van der Waals surface area contributed by atoms with Crippen LogP contribution in [0.1, 0.15) is 30.0 Å². The van der Waals surface area contributed by atoms with Crippen molar-refractivity contribution in [1.82, 2.24) is 14.5 Å². The molecule has 3 aromatic rings. The fraction of sp³-hybridized carbons (Fsp3) is 0.364. The fourth-order valence-corrected chi connectivity index (χ4v) is 4.00. The number of piperidine rings is 1. The molecule has 0 spiro atoms. The highest BCUT2D eigenvalue weighted by molar-refractivity contribution is 5.79. The van der Waals surface area contributed by atoms with Gasteiger partial charge >= 0.3 is 0 Å². The number of nitrogens with zero attached hydrogens (tertiary/aromatic N) is 3. The number of aromatic nitrogens is 2. The molecule has 4 rings (SSSR count). The lowest BCUT2D eigenvalue weighted by molar-refractivity contribution is -0.131. The molecule has 140 valence electrons. The lowest BCUT2D eigenvalue weighted by Crippen LogP contribution is -2.39. The number of fused-ring (bicyclic) bond motifs is 1. The normalized spacial score (nSPS) is 15.3. The Morgan fingerprint density at radius 1 is 1.19 bits per heavy atom. The van der Waals surface area contributed by atoms with Crippen LogP contribution in [0.25, 0.3) is 11.0 Å². The molecule has 0 atom stereocenters. The van der Waals surface area contributed by atoms with Crippen molar-refractivity contribution in [3.8, 4) is 5.75 Å². The SMILES string of the molecule is COc1ccc(CC(=O)N2CCC(n3cnc4ccccc43)CC2)cc1C. The number of amides is 1. The van der Waals surface area contributed by atoms with Gasteiger partial charge in [0.2, 0.25) is 5.91 Å². The smallest absolute Gasteiger partial charge is 0.226 e. The van der Waals surface area contributed by atoms with Crippen LogP contribution in [-0.4, -0.2) is 40.6 Å². The second kappa shape index (κ2) is 7.43. The van der Waals surface area contributed by atoms with Crippen LogP contribution in [0.4, 0.5) is 0 Å². The summed E-state index contributed by atoms with van der Waals surface area (Å²) in [5, 5.41) is 0. The molecule has 0 radical (unpaired) electrons. The Balaban J connectivity index is 1.38. The van der Waals surface area contributed by atoms with Gasteiger partial charge in [-0.1, -0.05) is 24.3 Å². The van der Waals surface area contributed by atoms with E-state index in [2.05, 4.69) is 21.7 Å². The molecule has 0 N–H and O–H groups in total. The minimum Gasteiger partial charge on any atom is -0.496 e. The summed E-state index contributed by atoms with van der Waals surface area (Å²) in [6.07, 6.45) is 4.32. The first-order valence-corrected chi connectivity index (χ1v) is 9.48. The zero-order chi connectivity index (χ0) is 18.8. The first kappa shape index (κ1) is 17.6. The van der Waals surface area contributed by atoms with Gasteiger partial charge in [0.05, 0.1) is 30.9 Å². The summed E-state index contributed by atoms with van der Waals surface area (Å²) in [5.74, 6) is 1.06. The number of hydrogen-bond acceptors (Lipinski definition) is 3. The molecule has 0 saturated carbocycles. The molecule has 0 unspecified atom stereocenters. The maximum absolute atomic E-state index is 12.7. The van der Waals surface area contributed by atoms with Crippen LogP contribution < -0.4 is 4.74 Å². The molecular weight excluding hydrogens is 338 g/mol. The molecule has 1 aromatic heterocycles. The molecule has 1 aliphatic rings. The maximum atomic E-state index is 12.7. The summed E-state index contributed by atoms with van der Waals surface area (Å²) >= 11 is 0. The summed E-state index contributed by atoms with van der Waals surface area (Å²) in [6.45, 7) is 3.60. The molecule has 5 nitrogen and oxygen atoms in total. The molecule has 5 heteroatoms. The van der Waals surface area contributed by atoms with Gasteiger partial charge in [-0.25, -0.2) is 4.98 Å². The van der Waals surface area contributed by atoms with E-state index < -0.39 is 0 Å². The molecule has 0 aliphatic carbocycles. The van der Waals surface area contributed by atoms with Crippen LogP contribution in [0.5, 0.6) is 5.75 Å². The van der Waals surface area contributed by atoms with Gasteiger partial charge in [0.25, 0.3) is 0 Å². The number of imidazole rings is 1. The number of methoxy groups -OCH3 is 1. The second-order valence-electron chi connectivity index (χ2n) is 7.23. The molecule has 1 amide bonds. The third kappa shape index (κ3) is 3.54. The van der Waals surface area contributed by atoms with Crippen molar-refractivity contribution in [3.05, 3.63) is 59.9 Å². The summed E-state index contributed by atoms with van der Waals surface area (Å²) in [7, 11) is 1.67. The maximum Gasteiger partial charge on any atom is 0.226 e. The average molecular weight is 363 g/mol. The zero-order valence-electron chi connectivity index (χ0n) is 15.9. The monoisotopic (exact) mass is 363 g/mol. The average Bonchev–Trinajstić information content (AvgIpc) is 3.12. The van der Waals surface area contributed by atoms with Gasteiger partial charge < -0.3 is 14.2 Å². The van der Waals surface area contributed by atoms with Crippen molar-refractivity contribution in [1.29, 1.82) is 0 Å². The Labute approximate surface area is 159 Å². The van der Waals surface area contributed by atoms with Gasteiger partial charge in [-0.05, 0) is 49.1 Å². The van der Waals surface area contributed by atoms with Crippen molar-refractivity contribution >= 4 is 16.9 Å². The predicted molar refractivity (Wildman–Crippen MR) is 106 cm³/mol. The number of ether oxygens (including phenoxy) is 1. The van der Waals surface area contributed by atoms with E-state index in [1.54, 1.807) is 7.11 Å². The number of likely N-dealkylation sites (tertiary alicyclic amines) is 1. The van der Waals surface area contributed by atoms with Gasteiger partial charge in [-0.3, -0.25) is 4.79 Å². The summed E-state index contributed by atoms with van der Waals surface area (Å²) in [6, 6.07) is 14.6. The van der Waals surface area contributed by atoms with Gasteiger partial charge in [-0.15, -0.1) is 0 Å². The minimum atomic E-state index is 0.202. The van der Waals surface area contributed by atoms with Crippen molar-refractivity contribution in [2.45, 2.75) is 32.2 Å². The third-order valence-electron chi connectivity index (χ3n) is 5.51. The number of para-hydroxylation sites is 2. The Bertz CT molecular complexity index is 955. The zero-order valence-corrected chi connectivity index (χ0v) is 15.9. The molecule has 2 aromatic carbocycles. The number of rotatable bonds is 4. The van der Waals surface area contributed by atoms with Crippen LogP contribution in [-0.2, 0) is 11.2 Å². The Morgan fingerprint density at radius 2 is 1.96 bits per heavy atom. The summed E-state index contributed by atoms with van der Waals surface area (Å²) in [4.78, 5) is 19.2. The third-order valence-corrected chi connectivity index (χ3v) is 5.51. The lowest BCUT2D eigenvalue weighted by atomic mass is 10.0. The number of hydrogen-bond donors (Lipinski definition) is 0. The predicted octanol–water partition coefficient (Wildman–Crippen LogP) is 3.76. The van der Waals surface area contributed by atoms with Gasteiger partial charge in [0.1, 0.15) is 5.75 Å². The van der Waals surface area contributed by atoms with E-state index >= 15 is 0 Å². The Hall–Kier alpha value is -2.82. The van der Waals surface area contributed by atoms with Crippen molar-refractivity contribution in [2.24, 2.45) is 0 Å². The molecular formula is C22H25N3O2. The van der Waals surface area contributed by atoms with Crippen LogP contribution in [0.2, 0.25) is 0 Å². The number of carbonyl (C=O) groups excluding carboxylic acids is 1. The lowest BCUT2D eigenvalue weighted by Gasteiger charge is -2.33. The van der Waals surface area contributed by atoms with Gasteiger partial charge in [0, 0.05) is 19.1 Å². The highest BCUT2D eigenvalue weighted by Crippen LogP contribution is 2.27. The van der Waals surface area contributed by atoms with Crippen molar-refractivity contribution in [2.75, 3.05) is 20.2 Å². The number of carbonyl (C=O) groups is 1. The number of benzene rings is 2. The molecule has 1 fully saturated rings. The summed E-state index contributed by atoms with van der Waals surface area (Å²) < 4.78 is 7.56. The number of aryl methyl sites for hydroxylation is 1. The fourth-order valence-electron chi connectivity index (χ4n) is 4.00. The van der Waals surface area contributed by atoms with E-state index in [9.17, 15) is 4.79 Å². The Kier molecular flexibility index (Phi) is 4.84. The van der Waals surface area contributed by atoms with E-state index in [4.69, 9.17) is 4.74 Å². The Morgan fingerprint density at radius 3 is 2.70 bits per heavy atom. The largest absolute Gasteiger partial charge is 0.496 e. The van der Waals surface area contributed by atoms with E-state index in [0.29, 0.717) is 12.5 Å². The molecule has 27 heavy (non-hydrogen) atoms. The quantitative estimate of drug-likeness (QED) is 0.709.